The third-order valence-corrected chi connectivity index (χ3v) is 1.94. The number of phenols is 5. The van der Waals surface area contributed by atoms with Gasteiger partial charge in [0.1, 0.15) is 5.82 Å². The Bertz CT molecular complexity index is 501. The van der Waals surface area contributed by atoms with Gasteiger partial charge in [0, 0.05) is 6.07 Å². The van der Waals surface area contributed by atoms with Crippen molar-refractivity contribution in [3.05, 3.63) is 42.2 Å². The van der Waals surface area contributed by atoms with Crippen LogP contribution in [0, 0.1) is 5.82 Å². The monoisotopic (exact) mass is 254 g/mol. The lowest BCUT2D eigenvalue weighted by Crippen LogP contribution is -1.74. The average molecular weight is 254 g/mol. The first-order valence-corrected chi connectivity index (χ1v) is 4.80. The van der Waals surface area contributed by atoms with Crippen LogP contribution in [0.2, 0.25) is 0 Å². The molecule has 0 aromatic heterocycles. The van der Waals surface area contributed by atoms with Crippen molar-refractivity contribution in [3.63, 3.8) is 0 Å². The Hall–Kier alpha value is -2.63. The molecule has 0 spiro atoms. The second-order valence-corrected chi connectivity index (χ2v) is 3.26. The molecule has 0 aliphatic rings. The second kappa shape index (κ2) is 5.62. The normalized spacial score (nSPS) is 9.39. The first kappa shape index (κ1) is 13.4. The van der Waals surface area contributed by atoms with E-state index >= 15 is 0 Å². The number of hydrogen-bond donors (Lipinski definition) is 5. The van der Waals surface area contributed by atoms with Gasteiger partial charge in [-0.25, -0.2) is 4.39 Å². The number of rotatable bonds is 0. The summed E-state index contributed by atoms with van der Waals surface area (Å²) in [4.78, 5) is 0. The minimum atomic E-state index is -0.942. The lowest BCUT2D eigenvalue weighted by molar-refractivity contribution is 0.328. The van der Waals surface area contributed by atoms with Crippen molar-refractivity contribution in [2.75, 3.05) is 0 Å². The number of aromatic hydroxyl groups is 5. The molecule has 2 rings (SSSR count). The maximum atomic E-state index is 11.9. The van der Waals surface area contributed by atoms with Crippen LogP contribution in [-0.4, -0.2) is 25.5 Å². The van der Waals surface area contributed by atoms with E-state index in [1.54, 1.807) is 18.2 Å². The molecule has 5 nitrogen and oxygen atoms in total. The first-order chi connectivity index (χ1) is 8.43. The highest BCUT2D eigenvalue weighted by molar-refractivity contribution is 5.62. The van der Waals surface area contributed by atoms with E-state index in [4.69, 9.17) is 25.5 Å². The van der Waals surface area contributed by atoms with Crippen LogP contribution >= 0.6 is 0 Å². The predicted octanol–water partition coefficient (Wildman–Crippen LogP) is 2.04. The maximum Gasteiger partial charge on any atom is 0.208 e. The standard InChI is InChI=1S/C6H5F.C6H6O5/c7-6-4-2-1-3-5-6;7-2-1-3(8)5(10)6(11)4(2)9/h1-5H;1,7-11H. The van der Waals surface area contributed by atoms with E-state index < -0.39 is 28.7 Å². The number of hydrogen-bond acceptors (Lipinski definition) is 5. The molecule has 0 heterocycles. The third-order valence-electron chi connectivity index (χ3n) is 1.94. The number of benzene rings is 2. The number of halogens is 1. The summed E-state index contributed by atoms with van der Waals surface area (Å²) in [6.07, 6.45) is 0. The Balaban J connectivity index is 0.000000199. The summed E-state index contributed by atoms with van der Waals surface area (Å²) in [6, 6.07) is 8.65. The highest BCUT2D eigenvalue weighted by Gasteiger charge is 2.14. The lowest BCUT2D eigenvalue weighted by atomic mass is 10.2. The van der Waals surface area contributed by atoms with Crippen molar-refractivity contribution < 1.29 is 29.9 Å². The van der Waals surface area contributed by atoms with Gasteiger partial charge in [0.2, 0.25) is 17.2 Å². The Morgan fingerprint density at radius 2 is 1.11 bits per heavy atom. The van der Waals surface area contributed by atoms with Crippen LogP contribution in [0.4, 0.5) is 4.39 Å². The molecule has 5 N–H and O–H groups in total. The van der Waals surface area contributed by atoms with Crippen molar-refractivity contribution in [1.82, 2.24) is 0 Å². The van der Waals surface area contributed by atoms with Crippen LogP contribution in [0.15, 0.2) is 36.4 Å². The van der Waals surface area contributed by atoms with E-state index in [0.717, 1.165) is 0 Å². The van der Waals surface area contributed by atoms with Gasteiger partial charge in [-0.15, -0.1) is 0 Å². The van der Waals surface area contributed by atoms with E-state index in [-0.39, 0.29) is 5.82 Å². The molecule has 0 radical (unpaired) electrons. The van der Waals surface area contributed by atoms with Crippen molar-refractivity contribution in [2.24, 2.45) is 0 Å². The molecule has 0 saturated heterocycles. The van der Waals surface area contributed by atoms with Crippen LogP contribution in [0.1, 0.15) is 0 Å². The molecule has 0 aliphatic heterocycles. The molecular formula is C12H11FO5. The molecule has 0 amide bonds. The molecule has 0 unspecified atom stereocenters. The molecule has 2 aromatic rings. The maximum absolute atomic E-state index is 11.9. The van der Waals surface area contributed by atoms with Gasteiger partial charge in [0.25, 0.3) is 0 Å². The van der Waals surface area contributed by atoms with Crippen LogP contribution in [0.25, 0.3) is 0 Å². The van der Waals surface area contributed by atoms with Crippen LogP contribution in [-0.2, 0) is 0 Å². The van der Waals surface area contributed by atoms with Gasteiger partial charge in [-0.2, -0.15) is 0 Å². The molecule has 0 aliphatic carbocycles. The molecule has 0 atom stereocenters. The van der Waals surface area contributed by atoms with Crippen LogP contribution < -0.4 is 0 Å². The zero-order chi connectivity index (χ0) is 13.7. The molecule has 0 bridgehead atoms. The summed E-state index contributed by atoms with van der Waals surface area (Å²) in [6.45, 7) is 0. The lowest BCUT2D eigenvalue weighted by Gasteiger charge is -2.03. The van der Waals surface area contributed by atoms with E-state index in [1.165, 1.54) is 12.1 Å². The molecule has 0 fully saturated rings. The van der Waals surface area contributed by atoms with E-state index in [1.807, 2.05) is 0 Å². The Labute approximate surface area is 102 Å². The first-order valence-electron chi connectivity index (χ1n) is 4.80. The van der Waals surface area contributed by atoms with Gasteiger partial charge in [-0.3, -0.25) is 0 Å². The number of phenolic OH excluding ortho intramolecular Hbond substituents is 5. The second-order valence-electron chi connectivity index (χ2n) is 3.26. The molecule has 0 saturated carbocycles. The SMILES string of the molecule is Fc1ccccc1.Oc1cc(O)c(O)c(O)c1O. The fourth-order valence-corrected chi connectivity index (χ4v) is 1.04. The summed E-state index contributed by atoms with van der Waals surface area (Å²) >= 11 is 0. The average Bonchev–Trinajstić information content (AvgIpc) is 2.36. The molecular weight excluding hydrogens is 243 g/mol. The quantitative estimate of drug-likeness (QED) is 0.366. The minimum Gasteiger partial charge on any atom is -0.504 e. The molecule has 96 valence electrons. The van der Waals surface area contributed by atoms with Gasteiger partial charge in [0.05, 0.1) is 0 Å². The van der Waals surface area contributed by atoms with Gasteiger partial charge in [0.15, 0.2) is 11.5 Å². The topological polar surface area (TPSA) is 101 Å². The minimum absolute atomic E-state index is 0.178. The summed E-state index contributed by atoms with van der Waals surface area (Å²) in [5.74, 6) is -4.23. The van der Waals surface area contributed by atoms with E-state index in [9.17, 15) is 4.39 Å². The zero-order valence-electron chi connectivity index (χ0n) is 9.08. The Morgan fingerprint density at radius 3 is 1.44 bits per heavy atom. The fraction of sp³-hybridized carbons (Fsp3) is 0. The van der Waals surface area contributed by atoms with E-state index in [0.29, 0.717) is 6.07 Å². The van der Waals surface area contributed by atoms with Crippen LogP contribution in [0.5, 0.6) is 28.7 Å². The van der Waals surface area contributed by atoms with Gasteiger partial charge in [-0.1, -0.05) is 18.2 Å². The Morgan fingerprint density at radius 1 is 0.667 bits per heavy atom. The summed E-state index contributed by atoms with van der Waals surface area (Å²) in [5.41, 5.74) is 0. The highest BCUT2D eigenvalue weighted by Crippen LogP contribution is 2.46. The highest BCUT2D eigenvalue weighted by atomic mass is 19.1. The largest absolute Gasteiger partial charge is 0.504 e. The van der Waals surface area contributed by atoms with Crippen molar-refractivity contribution >= 4 is 0 Å². The smallest absolute Gasteiger partial charge is 0.208 e. The predicted molar refractivity (Wildman–Crippen MR) is 61.2 cm³/mol. The van der Waals surface area contributed by atoms with Crippen LogP contribution in [0.3, 0.4) is 0 Å². The molecule has 18 heavy (non-hydrogen) atoms. The van der Waals surface area contributed by atoms with Gasteiger partial charge >= 0.3 is 0 Å². The van der Waals surface area contributed by atoms with Crippen molar-refractivity contribution in [3.8, 4) is 28.7 Å². The Kier molecular flexibility index (Phi) is 4.20. The third kappa shape index (κ3) is 3.18. The summed E-state index contributed by atoms with van der Waals surface area (Å²) in [7, 11) is 0. The summed E-state index contributed by atoms with van der Waals surface area (Å²) in [5, 5.41) is 43.7. The van der Waals surface area contributed by atoms with E-state index in [2.05, 4.69) is 0 Å². The fourth-order valence-electron chi connectivity index (χ4n) is 1.04. The molecule has 2 aromatic carbocycles. The zero-order valence-corrected chi connectivity index (χ0v) is 9.08. The summed E-state index contributed by atoms with van der Waals surface area (Å²) < 4.78 is 11.9. The molecule has 6 heteroatoms. The van der Waals surface area contributed by atoms with Crippen molar-refractivity contribution in [1.29, 1.82) is 0 Å². The van der Waals surface area contributed by atoms with Gasteiger partial charge in [-0.05, 0) is 12.1 Å². The van der Waals surface area contributed by atoms with Crippen molar-refractivity contribution in [2.45, 2.75) is 0 Å². The van der Waals surface area contributed by atoms with Gasteiger partial charge < -0.3 is 25.5 Å².